The molecule has 0 radical (unpaired) electrons. The minimum atomic E-state index is -0.503. The average Bonchev–Trinajstić information content (AvgIpc) is 2.46. The molecule has 0 spiro atoms. The van der Waals surface area contributed by atoms with Crippen LogP contribution in [0.15, 0.2) is 36.7 Å². The summed E-state index contributed by atoms with van der Waals surface area (Å²) in [5, 5.41) is 3.33. The Morgan fingerprint density at radius 1 is 1.38 bits per heavy atom. The van der Waals surface area contributed by atoms with Crippen molar-refractivity contribution >= 4 is 11.6 Å². The molecule has 1 amide bonds. The zero-order valence-electron chi connectivity index (χ0n) is 12.0. The van der Waals surface area contributed by atoms with Crippen molar-refractivity contribution in [2.75, 3.05) is 11.9 Å². The second kappa shape index (κ2) is 6.69. The molecule has 0 saturated heterocycles. The van der Waals surface area contributed by atoms with Crippen LogP contribution in [-0.2, 0) is 4.79 Å². The first-order valence-electron chi connectivity index (χ1n) is 6.61. The monoisotopic (exact) mass is 286 g/mol. The number of aryl methyl sites for hydroxylation is 1. The number of benzene rings is 1. The van der Waals surface area contributed by atoms with Crippen molar-refractivity contribution in [3.63, 3.8) is 0 Å². The highest BCUT2D eigenvalue weighted by Crippen LogP contribution is 2.22. The van der Waals surface area contributed by atoms with Crippen LogP contribution < -0.4 is 15.8 Å². The highest BCUT2D eigenvalue weighted by atomic mass is 16.5. The van der Waals surface area contributed by atoms with Crippen LogP contribution in [0.25, 0.3) is 0 Å². The third kappa shape index (κ3) is 4.17. The maximum Gasteiger partial charge on any atom is 0.255 e. The van der Waals surface area contributed by atoms with E-state index in [1.54, 1.807) is 18.5 Å². The van der Waals surface area contributed by atoms with Crippen LogP contribution in [0.2, 0.25) is 0 Å². The van der Waals surface area contributed by atoms with E-state index in [-0.39, 0.29) is 12.6 Å². The number of hydrogen-bond acceptors (Lipinski definition) is 5. The standard InChI is InChI=1S/C15H18N4O2/c1-10-15(18-7-6-17-10)11(2)19-12-4-3-5-13(8-12)21-9-14(16)20/h3-8,11,19H,9H2,1-2H3,(H2,16,20). The molecule has 21 heavy (non-hydrogen) atoms. The molecule has 1 aromatic carbocycles. The van der Waals surface area contributed by atoms with Gasteiger partial charge in [-0.1, -0.05) is 6.07 Å². The van der Waals surface area contributed by atoms with Gasteiger partial charge in [-0.2, -0.15) is 0 Å². The minimum absolute atomic E-state index is 0.00471. The van der Waals surface area contributed by atoms with Gasteiger partial charge < -0.3 is 15.8 Å². The van der Waals surface area contributed by atoms with Gasteiger partial charge in [0.1, 0.15) is 5.75 Å². The lowest BCUT2D eigenvalue weighted by molar-refractivity contribution is -0.119. The van der Waals surface area contributed by atoms with Crippen LogP contribution in [0.5, 0.6) is 5.75 Å². The Balaban J connectivity index is 2.07. The maximum absolute atomic E-state index is 10.7. The van der Waals surface area contributed by atoms with Crippen molar-refractivity contribution in [2.24, 2.45) is 5.73 Å². The van der Waals surface area contributed by atoms with Crippen LogP contribution >= 0.6 is 0 Å². The molecule has 2 rings (SSSR count). The van der Waals surface area contributed by atoms with E-state index in [2.05, 4.69) is 15.3 Å². The van der Waals surface area contributed by atoms with Crippen LogP contribution in [0.3, 0.4) is 0 Å². The largest absolute Gasteiger partial charge is 0.484 e. The summed E-state index contributed by atoms with van der Waals surface area (Å²) in [7, 11) is 0. The number of nitrogens with zero attached hydrogens (tertiary/aromatic N) is 2. The van der Waals surface area contributed by atoms with Crippen LogP contribution in [0.1, 0.15) is 24.4 Å². The van der Waals surface area contributed by atoms with Gasteiger partial charge in [0, 0.05) is 24.1 Å². The Morgan fingerprint density at radius 2 is 2.14 bits per heavy atom. The van der Waals surface area contributed by atoms with E-state index in [1.807, 2.05) is 32.0 Å². The van der Waals surface area contributed by atoms with Crippen molar-refractivity contribution in [3.8, 4) is 5.75 Å². The molecule has 1 heterocycles. The predicted molar refractivity (Wildman–Crippen MR) is 79.9 cm³/mol. The maximum atomic E-state index is 10.7. The normalized spacial score (nSPS) is 11.7. The number of carbonyl (C=O) groups is 1. The van der Waals surface area contributed by atoms with Crippen molar-refractivity contribution in [1.29, 1.82) is 0 Å². The molecule has 2 aromatic rings. The van der Waals surface area contributed by atoms with E-state index in [0.29, 0.717) is 5.75 Å². The summed E-state index contributed by atoms with van der Waals surface area (Å²) in [5.74, 6) is 0.0822. The van der Waals surface area contributed by atoms with Gasteiger partial charge in [-0.15, -0.1) is 0 Å². The van der Waals surface area contributed by atoms with E-state index < -0.39 is 5.91 Å². The molecule has 0 aliphatic rings. The molecule has 6 nitrogen and oxygen atoms in total. The quantitative estimate of drug-likeness (QED) is 0.845. The van der Waals surface area contributed by atoms with Gasteiger partial charge in [0.05, 0.1) is 17.4 Å². The molecule has 110 valence electrons. The molecule has 1 aromatic heterocycles. The van der Waals surface area contributed by atoms with Crippen LogP contribution in [-0.4, -0.2) is 22.5 Å². The smallest absolute Gasteiger partial charge is 0.255 e. The Kier molecular flexibility index (Phi) is 4.71. The lowest BCUT2D eigenvalue weighted by Gasteiger charge is -2.16. The lowest BCUT2D eigenvalue weighted by Crippen LogP contribution is -2.20. The van der Waals surface area contributed by atoms with Crippen LogP contribution in [0.4, 0.5) is 5.69 Å². The number of amides is 1. The SMILES string of the molecule is Cc1nccnc1C(C)Nc1cccc(OCC(N)=O)c1. The van der Waals surface area contributed by atoms with Crippen LogP contribution in [0, 0.1) is 6.92 Å². The summed E-state index contributed by atoms with van der Waals surface area (Å²) in [6, 6.07) is 7.34. The topological polar surface area (TPSA) is 90.1 Å². The average molecular weight is 286 g/mol. The first-order valence-corrected chi connectivity index (χ1v) is 6.61. The van der Waals surface area contributed by atoms with E-state index in [9.17, 15) is 4.79 Å². The number of nitrogens with two attached hydrogens (primary N) is 1. The summed E-state index contributed by atoms with van der Waals surface area (Å²) >= 11 is 0. The molecular weight excluding hydrogens is 268 g/mol. The fraction of sp³-hybridized carbons (Fsp3) is 0.267. The number of rotatable bonds is 6. The Labute approximate surface area is 123 Å². The van der Waals surface area contributed by atoms with Gasteiger partial charge in [0.2, 0.25) is 0 Å². The summed E-state index contributed by atoms with van der Waals surface area (Å²) in [6.07, 6.45) is 3.34. The second-order valence-electron chi connectivity index (χ2n) is 4.68. The molecule has 0 bridgehead atoms. The van der Waals surface area contributed by atoms with Crippen molar-refractivity contribution < 1.29 is 9.53 Å². The number of anilines is 1. The molecule has 6 heteroatoms. The number of nitrogens with one attached hydrogen (secondary N) is 1. The second-order valence-corrected chi connectivity index (χ2v) is 4.68. The van der Waals surface area contributed by atoms with Gasteiger partial charge in [-0.25, -0.2) is 0 Å². The van der Waals surface area contributed by atoms with E-state index >= 15 is 0 Å². The third-order valence-electron chi connectivity index (χ3n) is 2.93. The molecular formula is C15H18N4O2. The zero-order chi connectivity index (χ0) is 15.2. The van der Waals surface area contributed by atoms with Gasteiger partial charge in [-0.3, -0.25) is 14.8 Å². The highest BCUT2D eigenvalue weighted by Gasteiger charge is 2.10. The summed E-state index contributed by atoms with van der Waals surface area (Å²) < 4.78 is 5.28. The summed E-state index contributed by atoms with van der Waals surface area (Å²) in [5.41, 5.74) is 7.70. The van der Waals surface area contributed by atoms with Gasteiger partial charge in [0.25, 0.3) is 5.91 Å². The molecule has 0 saturated carbocycles. The minimum Gasteiger partial charge on any atom is -0.484 e. The molecule has 1 atom stereocenters. The van der Waals surface area contributed by atoms with Gasteiger partial charge in [0.15, 0.2) is 6.61 Å². The van der Waals surface area contributed by atoms with Gasteiger partial charge in [-0.05, 0) is 26.0 Å². The van der Waals surface area contributed by atoms with E-state index in [4.69, 9.17) is 10.5 Å². The Hall–Kier alpha value is -2.63. The molecule has 3 N–H and O–H groups in total. The summed E-state index contributed by atoms with van der Waals surface area (Å²) in [6.45, 7) is 3.79. The lowest BCUT2D eigenvalue weighted by atomic mass is 10.1. The van der Waals surface area contributed by atoms with E-state index in [1.165, 1.54) is 0 Å². The third-order valence-corrected chi connectivity index (χ3v) is 2.93. The Morgan fingerprint density at radius 3 is 2.86 bits per heavy atom. The fourth-order valence-corrected chi connectivity index (χ4v) is 1.99. The van der Waals surface area contributed by atoms with Gasteiger partial charge >= 0.3 is 0 Å². The van der Waals surface area contributed by atoms with Crippen molar-refractivity contribution in [2.45, 2.75) is 19.9 Å². The fourth-order valence-electron chi connectivity index (χ4n) is 1.99. The number of primary amides is 1. The molecule has 0 aliphatic heterocycles. The molecule has 1 unspecified atom stereocenters. The first-order chi connectivity index (χ1) is 10.1. The number of aromatic nitrogens is 2. The zero-order valence-corrected chi connectivity index (χ0v) is 12.0. The number of carbonyl (C=O) groups excluding carboxylic acids is 1. The highest BCUT2D eigenvalue weighted by molar-refractivity contribution is 5.75. The molecule has 0 aliphatic carbocycles. The summed E-state index contributed by atoms with van der Waals surface area (Å²) in [4.78, 5) is 19.3. The Bertz CT molecular complexity index is 631. The number of hydrogen-bond donors (Lipinski definition) is 2. The number of ether oxygens (including phenoxy) is 1. The predicted octanol–water partition coefficient (Wildman–Crippen LogP) is 1.82. The van der Waals surface area contributed by atoms with Crippen molar-refractivity contribution in [1.82, 2.24) is 9.97 Å². The van der Waals surface area contributed by atoms with Crippen molar-refractivity contribution in [3.05, 3.63) is 48.0 Å². The molecule has 0 fully saturated rings. The first kappa shape index (κ1) is 14.8. The van der Waals surface area contributed by atoms with E-state index in [0.717, 1.165) is 17.1 Å².